The first-order chi connectivity index (χ1) is 12.7. The fourth-order valence-corrected chi connectivity index (χ4v) is 3.89. The van der Waals surface area contributed by atoms with Gasteiger partial charge in [0.2, 0.25) is 0 Å². The number of carbonyl (C=O) groups excluding carboxylic acids is 2. The summed E-state index contributed by atoms with van der Waals surface area (Å²) >= 11 is 1.18. The van der Waals surface area contributed by atoms with Crippen LogP contribution in [0.1, 0.15) is 33.0 Å². The van der Waals surface area contributed by atoms with E-state index in [-0.39, 0.29) is 17.6 Å². The third kappa shape index (κ3) is 3.33. The van der Waals surface area contributed by atoms with E-state index in [1.807, 2.05) is 0 Å². The van der Waals surface area contributed by atoms with Crippen LogP contribution in [-0.2, 0) is 4.74 Å². The lowest BCUT2D eigenvalue weighted by Crippen LogP contribution is -2.23. The van der Waals surface area contributed by atoms with E-state index in [4.69, 9.17) is 9.15 Å². The number of furan rings is 1. The van der Waals surface area contributed by atoms with Gasteiger partial charge in [-0.05, 0) is 37.1 Å². The van der Waals surface area contributed by atoms with Crippen LogP contribution in [0.4, 0.5) is 5.13 Å². The van der Waals surface area contributed by atoms with Gasteiger partial charge in [-0.25, -0.2) is 4.98 Å². The Morgan fingerprint density at radius 1 is 1.23 bits per heavy atom. The van der Waals surface area contributed by atoms with Gasteiger partial charge in [0.05, 0.1) is 6.26 Å². The molecule has 3 aromatic rings. The molecule has 8 heteroatoms. The highest BCUT2D eigenvalue weighted by molar-refractivity contribution is 7.18. The van der Waals surface area contributed by atoms with Gasteiger partial charge in [0.1, 0.15) is 16.3 Å². The quantitative estimate of drug-likeness (QED) is 0.668. The SMILES string of the molecule is O=C(Nc1nc(-c2ccco2)c(C(=O)C2CCOCC2)s1)c1ccc[nH]1. The number of amides is 1. The van der Waals surface area contributed by atoms with E-state index in [9.17, 15) is 9.59 Å². The topological polar surface area (TPSA) is 97.2 Å². The van der Waals surface area contributed by atoms with E-state index in [1.165, 1.54) is 17.6 Å². The van der Waals surface area contributed by atoms with E-state index in [2.05, 4.69) is 15.3 Å². The average Bonchev–Trinajstić information content (AvgIpc) is 3.42. The number of ether oxygens (including phenoxy) is 1. The van der Waals surface area contributed by atoms with Gasteiger partial charge < -0.3 is 14.1 Å². The predicted octanol–water partition coefficient (Wildman–Crippen LogP) is 3.59. The van der Waals surface area contributed by atoms with Gasteiger partial charge in [-0.1, -0.05) is 11.3 Å². The van der Waals surface area contributed by atoms with Crippen molar-refractivity contribution in [2.24, 2.45) is 5.92 Å². The zero-order chi connectivity index (χ0) is 17.9. The molecule has 0 aromatic carbocycles. The molecule has 0 unspecified atom stereocenters. The Bertz CT molecular complexity index is 893. The second-order valence-electron chi connectivity index (χ2n) is 5.96. The minimum atomic E-state index is -0.306. The lowest BCUT2D eigenvalue weighted by atomic mass is 9.94. The number of carbonyl (C=O) groups is 2. The van der Waals surface area contributed by atoms with Gasteiger partial charge in [-0.15, -0.1) is 0 Å². The van der Waals surface area contributed by atoms with Crippen LogP contribution in [-0.4, -0.2) is 34.9 Å². The number of aromatic nitrogens is 2. The maximum atomic E-state index is 13.0. The molecule has 1 amide bonds. The number of nitrogens with zero attached hydrogens (tertiary/aromatic N) is 1. The van der Waals surface area contributed by atoms with E-state index in [0.717, 1.165) is 0 Å². The summed E-state index contributed by atoms with van der Waals surface area (Å²) in [5.41, 5.74) is 0.898. The number of hydrogen-bond donors (Lipinski definition) is 2. The van der Waals surface area contributed by atoms with E-state index in [1.54, 1.807) is 30.5 Å². The molecule has 0 bridgehead atoms. The molecular weight excluding hydrogens is 354 g/mol. The number of aromatic amines is 1. The Labute approximate surface area is 153 Å². The van der Waals surface area contributed by atoms with Gasteiger partial charge in [-0.2, -0.15) is 0 Å². The van der Waals surface area contributed by atoms with Crippen LogP contribution in [0.2, 0.25) is 0 Å². The molecule has 4 heterocycles. The van der Waals surface area contributed by atoms with Crippen molar-refractivity contribution in [1.82, 2.24) is 9.97 Å². The molecule has 7 nitrogen and oxygen atoms in total. The summed E-state index contributed by atoms with van der Waals surface area (Å²) in [5, 5.41) is 3.11. The number of nitrogens with one attached hydrogen (secondary N) is 2. The molecule has 0 aliphatic carbocycles. The largest absolute Gasteiger partial charge is 0.463 e. The van der Waals surface area contributed by atoms with Gasteiger partial charge in [0.25, 0.3) is 5.91 Å². The van der Waals surface area contributed by atoms with Crippen LogP contribution in [0.25, 0.3) is 11.5 Å². The van der Waals surface area contributed by atoms with E-state index >= 15 is 0 Å². The number of ketones is 1. The molecule has 26 heavy (non-hydrogen) atoms. The highest BCUT2D eigenvalue weighted by Gasteiger charge is 2.29. The second-order valence-corrected chi connectivity index (χ2v) is 6.96. The molecule has 3 aromatic heterocycles. The van der Waals surface area contributed by atoms with Crippen LogP contribution >= 0.6 is 11.3 Å². The Balaban J connectivity index is 1.64. The maximum absolute atomic E-state index is 13.0. The normalized spacial score (nSPS) is 15.1. The first-order valence-corrected chi connectivity index (χ1v) is 9.15. The van der Waals surface area contributed by atoms with Crippen molar-refractivity contribution in [1.29, 1.82) is 0 Å². The summed E-state index contributed by atoms with van der Waals surface area (Å²) in [6.45, 7) is 1.17. The number of Topliss-reactive ketones (excluding diaryl/α,β-unsaturated/α-hetero) is 1. The van der Waals surface area contributed by atoms with Gasteiger partial charge in [0.15, 0.2) is 16.7 Å². The molecule has 1 fully saturated rings. The fraction of sp³-hybridized carbons (Fsp3) is 0.278. The monoisotopic (exact) mass is 371 g/mol. The van der Waals surface area contributed by atoms with Gasteiger partial charge in [-0.3, -0.25) is 14.9 Å². The fourth-order valence-electron chi connectivity index (χ4n) is 2.90. The summed E-state index contributed by atoms with van der Waals surface area (Å²) in [6.07, 6.45) is 4.59. The lowest BCUT2D eigenvalue weighted by molar-refractivity contribution is 0.0547. The predicted molar refractivity (Wildman–Crippen MR) is 96.4 cm³/mol. The van der Waals surface area contributed by atoms with Crippen molar-refractivity contribution in [3.63, 3.8) is 0 Å². The number of anilines is 1. The van der Waals surface area contributed by atoms with Crippen LogP contribution in [0, 0.1) is 5.92 Å². The smallest absolute Gasteiger partial charge is 0.273 e. The molecule has 1 aliphatic heterocycles. The van der Waals surface area contributed by atoms with Gasteiger partial charge >= 0.3 is 0 Å². The van der Waals surface area contributed by atoms with Crippen molar-refractivity contribution in [3.8, 4) is 11.5 Å². The molecule has 0 spiro atoms. The summed E-state index contributed by atoms with van der Waals surface area (Å²) < 4.78 is 10.8. The zero-order valence-corrected chi connectivity index (χ0v) is 14.7. The first kappa shape index (κ1) is 16.7. The molecule has 134 valence electrons. The summed E-state index contributed by atoms with van der Waals surface area (Å²) in [5.74, 6) is 0.138. The third-order valence-corrected chi connectivity index (χ3v) is 5.25. The second kappa shape index (κ2) is 7.27. The number of hydrogen-bond acceptors (Lipinski definition) is 6. The summed E-state index contributed by atoms with van der Waals surface area (Å²) in [4.78, 5) is 33.1. The molecule has 1 aliphatic rings. The van der Waals surface area contributed by atoms with E-state index < -0.39 is 0 Å². The average molecular weight is 371 g/mol. The first-order valence-electron chi connectivity index (χ1n) is 8.34. The third-order valence-electron chi connectivity index (χ3n) is 4.26. The van der Waals surface area contributed by atoms with Crippen LogP contribution in [0.5, 0.6) is 0 Å². The Morgan fingerprint density at radius 3 is 2.77 bits per heavy atom. The van der Waals surface area contributed by atoms with Crippen LogP contribution in [0.3, 0.4) is 0 Å². The molecule has 4 rings (SSSR count). The summed E-state index contributed by atoms with van der Waals surface area (Å²) in [7, 11) is 0. The summed E-state index contributed by atoms with van der Waals surface area (Å²) in [6, 6.07) is 6.91. The number of thiazole rings is 1. The Kier molecular flexibility index (Phi) is 4.68. The number of H-pyrrole nitrogens is 1. The van der Waals surface area contributed by atoms with Crippen LogP contribution < -0.4 is 5.32 Å². The Hall–Kier alpha value is -2.71. The van der Waals surface area contributed by atoms with Crippen molar-refractivity contribution in [3.05, 3.63) is 47.3 Å². The molecule has 0 radical (unpaired) electrons. The molecule has 2 N–H and O–H groups in total. The van der Waals surface area contributed by atoms with Crippen molar-refractivity contribution in [2.45, 2.75) is 12.8 Å². The van der Waals surface area contributed by atoms with Crippen molar-refractivity contribution >= 4 is 28.2 Å². The van der Waals surface area contributed by atoms with E-state index in [0.29, 0.717) is 53.2 Å². The van der Waals surface area contributed by atoms with Crippen molar-refractivity contribution < 1.29 is 18.7 Å². The van der Waals surface area contributed by atoms with Gasteiger partial charge in [0, 0.05) is 25.3 Å². The zero-order valence-electron chi connectivity index (χ0n) is 13.9. The standard InChI is InChI=1S/C18H17N3O4S/c22-15(11-5-9-24-10-6-11)16-14(13-4-2-8-25-13)20-18(26-16)21-17(23)12-3-1-7-19-12/h1-4,7-8,11,19H,5-6,9-10H2,(H,20,21,23). The minimum Gasteiger partial charge on any atom is -0.463 e. The lowest BCUT2D eigenvalue weighted by Gasteiger charge is -2.20. The molecule has 0 atom stereocenters. The highest BCUT2D eigenvalue weighted by Crippen LogP contribution is 2.35. The van der Waals surface area contributed by atoms with Crippen molar-refractivity contribution in [2.75, 3.05) is 18.5 Å². The molecule has 1 saturated heterocycles. The maximum Gasteiger partial charge on any atom is 0.273 e. The number of rotatable bonds is 5. The molecule has 0 saturated carbocycles. The Morgan fingerprint density at radius 2 is 2.08 bits per heavy atom. The minimum absolute atomic E-state index is 0.0255. The van der Waals surface area contributed by atoms with Crippen LogP contribution in [0.15, 0.2) is 41.1 Å². The highest BCUT2D eigenvalue weighted by atomic mass is 32.1. The molecular formula is C18H17N3O4S.